The van der Waals surface area contributed by atoms with Crippen molar-refractivity contribution < 1.29 is 0 Å². The Bertz CT molecular complexity index is 1470. The monoisotopic (exact) mass is 419 g/mol. The van der Waals surface area contributed by atoms with Crippen molar-refractivity contribution in [1.29, 1.82) is 0 Å². The van der Waals surface area contributed by atoms with Crippen LogP contribution in [0.1, 0.15) is 11.3 Å². The van der Waals surface area contributed by atoms with E-state index in [9.17, 15) is 4.79 Å². The highest BCUT2D eigenvalue weighted by Crippen LogP contribution is 2.35. The molecule has 0 unspecified atom stereocenters. The second kappa shape index (κ2) is 8.35. The van der Waals surface area contributed by atoms with Gasteiger partial charge in [-0.3, -0.25) is 9.78 Å². The van der Waals surface area contributed by atoms with E-state index in [1.54, 1.807) is 13.1 Å². The lowest BCUT2D eigenvalue weighted by molar-refractivity contribution is 1.04. The third kappa shape index (κ3) is 3.70. The van der Waals surface area contributed by atoms with E-state index in [-0.39, 0.29) is 5.56 Å². The number of hydrogen-bond donors (Lipinski definition) is 2. The largest absolute Gasteiger partial charge is 0.309 e. The smallest absolute Gasteiger partial charge is 0.252 e. The highest BCUT2D eigenvalue weighted by atomic mass is 16.1. The molecule has 2 aromatic heterocycles. The molecule has 0 aliphatic rings. The van der Waals surface area contributed by atoms with Crippen LogP contribution < -0.4 is 11.0 Å². The van der Waals surface area contributed by atoms with Crippen LogP contribution in [0.25, 0.3) is 27.8 Å². The molecule has 0 bridgehead atoms. The first-order chi connectivity index (χ1) is 15.7. The Kier molecular flexibility index (Phi) is 5.09. The molecule has 0 spiro atoms. The van der Waals surface area contributed by atoms with Crippen LogP contribution in [0.5, 0.6) is 0 Å². The van der Waals surface area contributed by atoms with Gasteiger partial charge in [-0.25, -0.2) is 10.4 Å². The van der Waals surface area contributed by atoms with Crippen LogP contribution >= 0.6 is 0 Å². The summed E-state index contributed by atoms with van der Waals surface area (Å²) < 4.78 is 2.25. The van der Waals surface area contributed by atoms with E-state index in [4.69, 9.17) is 0 Å². The molecular formula is C26H21N5O. The molecular weight excluding hydrogens is 398 g/mol. The summed E-state index contributed by atoms with van der Waals surface area (Å²) in [6.07, 6.45) is 1.78. The predicted molar refractivity (Wildman–Crippen MR) is 130 cm³/mol. The van der Waals surface area contributed by atoms with E-state index >= 15 is 0 Å². The maximum Gasteiger partial charge on any atom is 0.252 e. The second-order valence-electron chi connectivity index (χ2n) is 7.42. The van der Waals surface area contributed by atoms with Crippen molar-refractivity contribution in [3.8, 4) is 16.9 Å². The fraction of sp³-hybridized carbons (Fsp3) is 0.0385. The lowest BCUT2D eigenvalue weighted by Crippen LogP contribution is -2.10. The normalized spacial score (nSPS) is 11.3. The van der Waals surface area contributed by atoms with Gasteiger partial charge in [-0.05, 0) is 30.7 Å². The standard InChI is InChI=1S/C26H21N5O/c1-18-16-24(32)29-26(28-18)30-27-17-22-21-14-8-9-15-23(21)31(20-12-6-3-7-13-20)25(22)19-10-4-2-5-11-19/h2-17H,1H3,(H2,28,29,30,32). The Morgan fingerprint density at radius 3 is 2.38 bits per heavy atom. The predicted octanol–water partition coefficient (Wildman–Crippen LogP) is 5.14. The van der Waals surface area contributed by atoms with Crippen molar-refractivity contribution in [3.63, 3.8) is 0 Å². The van der Waals surface area contributed by atoms with Crippen molar-refractivity contribution in [3.05, 3.63) is 113 Å². The zero-order valence-corrected chi connectivity index (χ0v) is 17.5. The van der Waals surface area contributed by atoms with E-state index in [0.29, 0.717) is 11.6 Å². The molecule has 0 aliphatic heterocycles. The van der Waals surface area contributed by atoms with Crippen molar-refractivity contribution >= 4 is 23.1 Å². The highest BCUT2D eigenvalue weighted by Gasteiger charge is 2.18. The number of H-pyrrole nitrogens is 1. The van der Waals surface area contributed by atoms with Crippen molar-refractivity contribution in [2.45, 2.75) is 6.92 Å². The van der Waals surface area contributed by atoms with Gasteiger partial charge < -0.3 is 4.57 Å². The third-order valence-corrected chi connectivity index (χ3v) is 5.21. The van der Waals surface area contributed by atoms with Crippen LogP contribution in [-0.4, -0.2) is 20.7 Å². The van der Waals surface area contributed by atoms with Crippen molar-refractivity contribution in [1.82, 2.24) is 14.5 Å². The number of aromatic nitrogens is 3. The maximum atomic E-state index is 11.7. The van der Waals surface area contributed by atoms with Gasteiger partial charge >= 0.3 is 0 Å². The van der Waals surface area contributed by atoms with Gasteiger partial charge in [0.2, 0.25) is 5.95 Å². The van der Waals surface area contributed by atoms with Crippen molar-refractivity contribution in [2.24, 2.45) is 5.10 Å². The van der Waals surface area contributed by atoms with Crippen LogP contribution in [0.3, 0.4) is 0 Å². The van der Waals surface area contributed by atoms with Gasteiger partial charge in [-0.1, -0.05) is 66.7 Å². The van der Waals surface area contributed by atoms with Crippen LogP contribution in [0.2, 0.25) is 0 Å². The molecule has 2 N–H and O–H groups in total. The molecule has 0 radical (unpaired) electrons. The molecule has 5 aromatic rings. The molecule has 6 nitrogen and oxygen atoms in total. The number of hydrazone groups is 1. The average Bonchev–Trinajstić information content (AvgIpc) is 3.14. The van der Waals surface area contributed by atoms with Gasteiger partial charge in [0.1, 0.15) is 0 Å². The Balaban J connectivity index is 1.70. The first-order valence-electron chi connectivity index (χ1n) is 10.3. The fourth-order valence-electron chi connectivity index (χ4n) is 3.91. The topological polar surface area (TPSA) is 75.1 Å². The van der Waals surface area contributed by atoms with Crippen LogP contribution in [0, 0.1) is 6.92 Å². The Hall–Kier alpha value is -4.45. The number of benzene rings is 3. The summed E-state index contributed by atoms with van der Waals surface area (Å²) in [5.41, 5.74) is 8.50. The summed E-state index contributed by atoms with van der Waals surface area (Å²) in [4.78, 5) is 18.7. The summed E-state index contributed by atoms with van der Waals surface area (Å²) >= 11 is 0. The number of aromatic amines is 1. The van der Waals surface area contributed by atoms with E-state index in [2.05, 4.69) is 61.5 Å². The summed E-state index contributed by atoms with van der Waals surface area (Å²) in [5.74, 6) is 0.305. The summed E-state index contributed by atoms with van der Waals surface area (Å²) in [7, 11) is 0. The van der Waals surface area contributed by atoms with E-state index in [1.807, 2.05) is 48.5 Å². The average molecular weight is 419 g/mol. The van der Waals surface area contributed by atoms with Gasteiger partial charge in [0.15, 0.2) is 0 Å². The number of para-hydroxylation sites is 2. The molecule has 32 heavy (non-hydrogen) atoms. The number of rotatable bonds is 5. The number of nitrogens with one attached hydrogen (secondary N) is 2. The molecule has 5 rings (SSSR count). The SMILES string of the molecule is Cc1cc(=O)[nH]c(NN=Cc2c(-c3ccccc3)n(-c3ccccc3)c3ccccc23)n1. The number of nitrogens with zero attached hydrogens (tertiary/aromatic N) is 3. The van der Waals surface area contributed by atoms with Gasteiger partial charge in [0.05, 0.1) is 17.4 Å². The Morgan fingerprint density at radius 2 is 1.62 bits per heavy atom. The zero-order valence-electron chi connectivity index (χ0n) is 17.5. The molecule has 0 saturated carbocycles. The van der Waals surface area contributed by atoms with Crippen LogP contribution in [0.4, 0.5) is 5.95 Å². The van der Waals surface area contributed by atoms with Gasteiger partial charge in [0.25, 0.3) is 5.56 Å². The van der Waals surface area contributed by atoms with E-state index in [0.717, 1.165) is 33.4 Å². The van der Waals surface area contributed by atoms with Gasteiger partial charge in [0, 0.05) is 28.4 Å². The fourth-order valence-corrected chi connectivity index (χ4v) is 3.91. The minimum atomic E-state index is -0.221. The van der Waals surface area contributed by atoms with Gasteiger partial charge in [-0.15, -0.1) is 0 Å². The first-order valence-corrected chi connectivity index (χ1v) is 10.3. The summed E-state index contributed by atoms with van der Waals surface area (Å²) in [6, 6.07) is 30.2. The molecule has 0 atom stereocenters. The Morgan fingerprint density at radius 1 is 0.938 bits per heavy atom. The number of anilines is 1. The number of fused-ring (bicyclic) bond motifs is 1. The third-order valence-electron chi connectivity index (χ3n) is 5.21. The molecule has 156 valence electrons. The van der Waals surface area contributed by atoms with Crippen LogP contribution in [0.15, 0.2) is 101 Å². The van der Waals surface area contributed by atoms with Crippen molar-refractivity contribution in [2.75, 3.05) is 5.43 Å². The molecule has 0 saturated heterocycles. The summed E-state index contributed by atoms with van der Waals surface area (Å²) in [6.45, 7) is 1.77. The van der Waals surface area contributed by atoms with E-state index < -0.39 is 0 Å². The lowest BCUT2D eigenvalue weighted by Gasteiger charge is -2.12. The second-order valence-corrected chi connectivity index (χ2v) is 7.42. The van der Waals surface area contributed by atoms with E-state index in [1.165, 1.54) is 6.07 Å². The molecule has 0 fully saturated rings. The lowest BCUT2D eigenvalue weighted by atomic mass is 10.1. The Labute approximate surface area is 184 Å². The minimum Gasteiger partial charge on any atom is -0.309 e. The zero-order chi connectivity index (χ0) is 21.9. The molecule has 0 amide bonds. The number of aryl methyl sites for hydroxylation is 1. The highest BCUT2D eigenvalue weighted by molar-refractivity contribution is 6.07. The van der Waals surface area contributed by atoms with Gasteiger partial charge in [-0.2, -0.15) is 5.10 Å². The van der Waals surface area contributed by atoms with Crippen LogP contribution in [-0.2, 0) is 0 Å². The summed E-state index contributed by atoms with van der Waals surface area (Å²) in [5, 5.41) is 5.49. The number of hydrogen-bond acceptors (Lipinski definition) is 4. The molecule has 3 aromatic carbocycles. The first kappa shape index (κ1) is 19.5. The maximum absolute atomic E-state index is 11.7. The molecule has 0 aliphatic carbocycles. The molecule has 2 heterocycles. The minimum absolute atomic E-state index is 0.221. The molecule has 6 heteroatoms. The quantitative estimate of drug-likeness (QED) is 0.306.